The average Bonchev–Trinajstić information content (AvgIpc) is 2.68. The van der Waals surface area contributed by atoms with E-state index >= 15 is 0 Å². The Bertz CT molecular complexity index is 844. The molecule has 0 bridgehead atoms. The van der Waals surface area contributed by atoms with Crippen LogP contribution in [-0.4, -0.2) is 36.4 Å². The van der Waals surface area contributed by atoms with Gasteiger partial charge in [-0.15, -0.1) is 0 Å². The lowest BCUT2D eigenvalue weighted by Gasteiger charge is -2.28. The highest BCUT2D eigenvalue weighted by atomic mass is 35.5. The summed E-state index contributed by atoms with van der Waals surface area (Å²) < 4.78 is 5.69. The van der Waals surface area contributed by atoms with E-state index in [2.05, 4.69) is 26.1 Å². The lowest BCUT2D eigenvalue weighted by molar-refractivity contribution is -0.142. The van der Waals surface area contributed by atoms with Gasteiger partial charge in [-0.25, -0.2) is 0 Å². The van der Waals surface area contributed by atoms with Crippen LogP contribution in [0.4, 0.5) is 0 Å². The zero-order valence-corrected chi connectivity index (χ0v) is 18.4. The van der Waals surface area contributed by atoms with E-state index in [1.807, 2.05) is 36.4 Å². The van der Waals surface area contributed by atoms with Crippen molar-refractivity contribution in [2.24, 2.45) is 0 Å². The minimum absolute atomic E-state index is 0.0467. The van der Waals surface area contributed by atoms with Crippen LogP contribution in [0.3, 0.4) is 0 Å². The molecule has 0 spiro atoms. The fourth-order valence-corrected chi connectivity index (χ4v) is 3.12. The van der Waals surface area contributed by atoms with Crippen molar-refractivity contribution < 1.29 is 14.3 Å². The lowest BCUT2D eigenvalue weighted by Crippen LogP contribution is -2.48. The molecule has 0 aliphatic rings. The Kier molecular flexibility index (Phi) is 7.68. The van der Waals surface area contributed by atoms with Gasteiger partial charge in [0.25, 0.3) is 5.91 Å². The summed E-state index contributed by atoms with van der Waals surface area (Å²) >= 11 is 6.06. The number of amides is 2. The standard InChI is InChI=1S/C23H29ClN2O3/c1-16(22(28)25-5)26(14-17-7-6-8-19(24)13-17)21(27)15-29-20-11-9-18(10-12-20)23(2,3)4/h6-13,16H,14-15H2,1-5H3,(H,25,28). The summed E-state index contributed by atoms with van der Waals surface area (Å²) in [4.78, 5) is 26.5. The minimum Gasteiger partial charge on any atom is -0.484 e. The van der Waals surface area contributed by atoms with E-state index < -0.39 is 6.04 Å². The number of nitrogens with one attached hydrogen (secondary N) is 1. The molecule has 0 aromatic heterocycles. The number of carbonyl (C=O) groups is 2. The van der Waals surface area contributed by atoms with Gasteiger partial charge in [0.1, 0.15) is 11.8 Å². The number of ether oxygens (including phenoxy) is 1. The van der Waals surface area contributed by atoms with Crippen LogP contribution in [0.2, 0.25) is 5.02 Å². The van der Waals surface area contributed by atoms with Crippen LogP contribution < -0.4 is 10.1 Å². The molecule has 1 unspecified atom stereocenters. The maximum atomic E-state index is 12.9. The quantitative estimate of drug-likeness (QED) is 0.736. The van der Waals surface area contributed by atoms with Crippen LogP contribution in [0.1, 0.15) is 38.8 Å². The van der Waals surface area contributed by atoms with Crippen molar-refractivity contribution in [1.82, 2.24) is 10.2 Å². The molecule has 1 atom stereocenters. The maximum absolute atomic E-state index is 12.9. The van der Waals surface area contributed by atoms with Crippen molar-refractivity contribution in [2.45, 2.75) is 45.7 Å². The van der Waals surface area contributed by atoms with Crippen LogP contribution in [0.5, 0.6) is 5.75 Å². The Labute approximate surface area is 178 Å². The van der Waals surface area contributed by atoms with E-state index in [-0.39, 0.29) is 30.4 Å². The van der Waals surface area contributed by atoms with Gasteiger partial charge in [0.2, 0.25) is 5.91 Å². The minimum atomic E-state index is -0.640. The molecule has 1 N–H and O–H groups in total. The molecule has 0 radical (unpaired) electrons. The molecule has 0 heterocycles. The molecule has 2 aromatic rings. The summed E-state index contributed by atoms with van der Waals surface area (Å²) in [6.07, 6.45) is 0. The molecule has 5 nitrogen and oxygen atoms in total. The predicted molar refractivity (Wildman–Crippen MR) is 116 cm³/mol. The van der Waals surface area contributed by atoms with Crippen molar-refractivity contribution in [3.05, 3.63) is 64.7 Å². The molecular formula is C23H29ClN2O3. The van der Waals surface area contributed by atoms with Gasteiger partial charge in [-0.05, 0) is 47.7 Å². The molecule has 0 fully saturated rings. The van der Waals surface area contributed by atoms with E-state index in [0.717, 1.165) is 5.56 Å². The Morgan fingerprint density at radius 1 is 1.14 bits per heavy atom. The number of carbonyl (C=O) groups excluding carboxylic acids is 2. The number of hydrogen-bond acceptors (Lipinski definition) is 3. The fourth-order valence-electron chi connectivity index (χ4n) is 2.90. The van der Waals surface area contributed by atoms with Gasteiger partial charge in [0, 0.05) is 18.6 Å². The Balaban J connectivity index is 2.11. The molecule has 0 aliphatic carbocycles. The van der Waals surface area contributed by atoms with Crippen molar-refractivity contribution in [3.8, 4) is 5.75 Å². The molecule has 2 aromatic carbocycles. The van der Waals surface area contributed by atoms with Gasteiger partial charge in [0.05, 0.1) is 0 Å². The fraction of sp³-hybridized carbons (Fsp3) is 0.391. The van der Waals surface area contributed by atoms with E-state index in [9.17, 15) is 9.59 Å². The predicted octanol–water partition coefficient (Wildman–Crippen LogP) is 4.18. The van der Waals surface area contributed by atoms with Crippen LogP contribution >= 0.6 is 11.6 Å². The molecule has 0 saturated carbocycles. The zero-order valence-electron chi connectivity index (χ0n) is 17.7. The molecule has 6 heteroatoms. The third-order valence-corrected chi connectivity index (χ3v) is 4.97. The molecule has 0 saturated heterocycles. The molecule has 29 heavy (non-hydrogen) atoms. The van der Waals surface area contributed by atoms with E-state index in [1.54, 1.807) is 26.1 Å². The Morgan fingerprint density at radius 2 is 1.79 bits per heavy atom. The lowest BCUT2D eigenvalue weighted by atomic mass is 9.87. The van der Waals surface area contributed by atoms with Crippen LogP contribution in [0, 0.1) is 0 Å². The summed E-state index contributed by atoms with van der Waals surface area (Å²) in [5.74, 6) is 0.0949. The van der Waals surface area contributed by atoms with Crippen molar-refractivity contribution >= 4 is 23.4 Å². The number of rotatable bonds is 7. The van der Waals surface area contributed by atoms with E-state index in [1.165, 1.54) is 10.5 Å². The molecule has 156 valence electrons. The number of hydrogen-bond donors (Lipinski definition) is 1. The number of likely N-dealkylation sites (N-methyl/N-ethyl adjacent to an activating group) is 1. The van der Waals surface area contributed by atoms with Gasteiger partial charge < -0.3 is 15.0 Å². The van der Waals surface area contributed by atoms with Crippen LogP contribution in [0.25, 0.3) is 0 Å². The third kappa shape index (κ3) is 6.50. The second-order valence-electron chi connectivity index (χ2n) is 8.00. The highest BCUT2D eigenvalue weighted by Crippen LogP contribution is 2.24. The van der Waals surface area contributed by atoms with Crippen LogP contribution in [0.15, 0.2) is 48.5 Å². The highest BCUT2D eigenvalue weighted by molar-refractivity contribution is 6.30. The first-order valence-electron chi connectivity index (χ1n) is 9.60. The second kappa shape index (κ2) is 9.79. The van der Waals surface area contributed by atoms with Gasteiger partial charge in [-0.2, -0.15) is 0 Å². The summed E-state index contributed by atoms with van der Waals surface area (Å²) in [5.41, 5.74) is 2.08. The van der Waals surface area contributed by atoms with E-state index in [4.69, 9.17) is 16.3 Å². The summed E-state index contributed by atoms with van der Waals surface area (Å²) in [6, 6.07) is 14.3. The van der Waals surface area contributed by atoms with E-state index in [0.29, 0.717) is 10.8 Å². The molecule has 2 amide bonds. The average molecular weight is 417 g/mol. The SMILES string of the molecule is CNC(=O)C(C)N(Cc1cccc(Cl)c1)C(=O)COc1ccc(C(C)(C)C)cc1. The third-order valence-electron chi connectivity index (χ3n) is 4.74. The van der Waals surface area contributed by atoms with Crippen molar-refractivity contribution in [1.29, 1.82) is 0 Å². The maximum Gasteiger partial charge on any atom is 0.261 e. The largest absolute Gasteiger partial charge is 0.484 e. The van der Waals surface area contributed by atoms with Gasteiger partial charge >= 0.3 is 0 Å². The monoisotopic (exact) mass is 416 g/mol. The van der Waals surface area contributed by atoms with Gasteiger partial charge in [0.15, 0.2) is 6.61 Å². The first-order valence-corrected chi connectivity index (χ1v) is 9.98. The first-order chi connectivity index (χ1) is 13.6. The number of halogens is 1. The van der Waals surface area contributed by atoms with Crippen molar-refractivity contribution in [3.63, 3.8) is 0 Å². The zero-order chi connectivity index (χ0) is 21.6. The Morgan fingerprint density at radius 3 is 2.34 bits per heavy atom. The molecule has 2 rings (SSSR count). The van der Waals surface area contributed by atoms with Crippen molar-refractivity contribution in [2.75, 3.05) is 13.7 Å². The topological polar surface area (TPSA) is 58.6 Å². The molecule has 0 aliphatic heterocycles. The smallest absolute Gasteiger partial charge is 0.261 e. The Hall–Kier alpha value is -2.53. The number of benzene rings is 2. The first kappa shape index (κ1) is 22.8. The highest BCUT2D eigenvalue weighted by Gasteiger charge is 2.26. The normalized spacial score (nSPS) is 12.2. The van der Waals surface area contributed by atoms with Crippen LogP contribution in [-0.2, 0) is 21.5 Å². The molecular weight excluding hydrogens is 388 g/mol. The number of nitrogens with zero attached hydrogens (tertiary/aromatic N) is 1. The van der Waals surface area contributed by atoms with Gasteiger partial charge in [-0.1, -0.05) is 56.6 Å². The van der Waals surface area contributed by atoms with Gasteiger partial charge in [-0.3, -0.25) is 9.59 Å². The summed E-state index contributed by atoms with van der Waals surface area (Å²) in [5, 5.41) is 3.17. The summed E-state index contributed by atoms with van der Waals surface area (Å²) in [6.45, 7) is 8.22. The second-order valence-corrected chi connectivity index (χ2v) is 8.44. The summed E-state index contributed by atoms with van der Waals surface area (Å²) in [7, 11) is 1.55.